The van der Waals surface area contributed by atoms with Crippen molar-refractivity contribution < 1.29 is 50.0 Å². The second kappa shape index (κ2) is 8.17. The molecule has 1 aliphatic heterocycles. The Labute approximate surface area is 176 Å². The maximum Gasteiger partial charge on any atom is 0.201 e. The summed E-state index contributed by atoms with van der Waals surface area (Å²) in [5, 5.41) is 70.1. The standard InChI is InChI=1S/C21H22O10/c22-6-8-4-10-15(12(25)5-8)17(27)14-9(2-1-3-11(14)24)20(10)31-21-19(29)18(28)16(26)13(7-23)30-21/h1-5,13,16,18-26,28-29H,6-7H2/t13-,16-,18+,19-,20+,21+/m1/s1. The zero-order valence-corrected chi connectivity index (χ0v) is 16.1. The molecule has 166 valence electrons. The van der Waals surface area contributed by atoms with Crippen LogP contribution in [0.1, 0.15) is 38.7 Å². The molecule has 4 rings (SSSR count). The summed E-state index contributed by atoms with van der Waals surface area (Å²) in [5.74, 6) is -1.43. The Morgan fingerprint density at radius 1 is 0.903 bits per heavy atom. The molecule has 1 heterocycles. The predicted molar refractivity (Wildman–Crippen MR) is 102 cm³/mol. The van der Waals surface area contributed by atoms with Gasteiger partial charge in [0, 0.05) is 11.1 Å². The number of hydrogen-bond acceptors (Lipinski definition) is 10. The number of hydrogen-bond donors (Lipinski definition) is 7. The third-order valence-electron chi connectivity index (χ3n) is 5.60. The molecule has 0 aromatic heterocycles. The molecule has 0 saturated carbocycles. The first-order valence-corrected chi connectivity index (χ1v) is 9.57. The molecule has 0 bridgehead atoms. The van der Waals surface area contributed by atoms with Crippen molar-refractivity contribution in [3.8, 4) is 11.5 Å². The molecular formula is C21H22O10. The highest BCUT2D eigenvalue weighted by atomic mass is 16.7. The lowest BCUT2D eigenvalue weighted by Gasteiger charge is -2.41. The summed E-state index contributed by atoms with van der Waals surface area (Å²) < 4.78 is 11.3. The van der Waals surface area contributed by atoms with Crippen LogP contribution < -0.4 is 0 Å². The topological polar surface area (TPSA) is 177 Å². The summed E-state index contributed by atoms with van der Waals surface area (Å²) in [6, 6.07) is 6.94. The van der Waals surface area contributed by atoms with E-state index in [1.165, 1.54) is 30.3 Å². The van der Waals surface area contributed by atoms with Crippen molar-refractivity contribution in [2.75, 3.05) is 6.61 Å². The van der Waals surface area contributed by atoms with Gasteiger partial charge in [-0.3, -0.25) is 4.79 Å². The summed E-state index contributed by atoms with van der Waals surface area (Å²) in [5.41, 5.74) is 0.389. The van der Waals surface area contributed by atoms with Crippen LogP contribution in [0.25, 0.3) is 0 Å². The smallest absolute Gasteiger partial charge is 0.201 e. The fourth-order valence-electron chi connectivity index (χ4n) is 4.03. The van der Waals surface area contributed by atoms with E-state index in [4.69, 9.17) is 9.47 Å². The van der Waals surface area contributed by atoms with Gasteiger partial charge in [0.25, 0.3) is 0 Å². The molecule has 0 amide bonds. The van der Waals surface area contributed by atoms with Crippen LogP contribution in [0.2, 0.25) is 0 Å². The molecule has 2 aromatic carbocycles. The second-order valence-corrected chi connectivity index (χ2v) is 7.52. The molecule has 1 fully saturated rings. The molecule has 1 saturated heterocycles. The van der Waals surface area contributed by atoms with Crippen LogP contribution in [0.15, 0.2) is 30.3 Å². The number of aliphatic hydroxyl groups excluding tert-OH is 5. The average molecular weight is 434 g/mol. The SMILES string of the molecule is O=C1c2c(O)cccc2[C@H](O[C@@H]2O[C@H](CO)[C@@H](O)[C@H](O)[C@H]2O)c2cc(CO)cc(O)c21. The monoisotopic (exact) mass is 434 g/mol. The molecule has 7 N–H and O–H groups in total. The van der Waals surface area contributed by atoms with Crippen LogP contribution in [-0.2, 0) is 16.1 Å². The minimum atomic E-state index is -1.70. The number of ether oxygens (including phenoxy) is 2. The summed E-state index contributed by atoms with van der Waals surface area (Å²) in [6.45, 7) is -1.09. The second-order valence-electron chi connectivity index (χ2n) is 7.52. The molecular weight excluding hydrogens is 412 g/mol. The lowest BCUT2D eigenvalue weighted by atomic mass is 9.81. The normalized spacial score (nSPS) is 30.0. The first-order chi connectivity index (χ1) is 14.8. The van der Waals surface area contributed by atoms with Crippen LogP contribution >= 0.6 is 0 Å². The van der Waals surface area contributed by atoms with Crippen LogP contribution in [0.4, 0.5) is 0 Å². The molecule has 10 nitrogen and oxygen atoms in total. The van der Waals surface area contributed by atoms with Gasteiger partial charge in [0.05, 0.1) is 24.3 Å². The van der Waals surface area contributed by atoms with Crippen molar-refractivity contribution in [1.82, 2.24) is 0 Å². The Hall–Kier alpha value is -2.57. The number of aromatic hydroxyl groups is 2. The maximum absolute atomic E-state index is 13.0. The number of benzene rings is 2. The average Bonchev–Trinajstić information content (AvgIpc) is 2.75. The quantitative estimate of drug-likeness (QED) is 0.317. The number of fused-ring (bicyclic) bond motifs is 2. The minimum absolute atomic E-state index is 0.114. The Morgan fingerprint density at radius 3 is 2.29 bits per heavy atom. The van der Waals surface area contributed by atoms with E-state index >= 15 is 0 Å². The van der Waals surface area contributed by atoms with Gasteiger partial charge in [0.2, 0.25) is 5.78 Å². The van der Waals surface area contributed by atoms with Crippen molar-refractivity contribution in [3.05, 3.63) is 58.1 Å². The van der Waals surface area contributed by atoms with Crippen molar-refractivity contribution in [2.24, 2.45) is 0 Å². The highest BCUT2D eigenvalue weighted by molar-refractivity contribution is 6.15. The van der Waals surface area contributed by atoms with Crippen molar-refractivity contribution >= 4 is 5.78 Å². The molecule has 2 aromatic rings. The third kappa shape index (κ3) is 3.48. The molecule has 0 radical (unpaired) electrons. The number of rotatable bonds is 4. The number of phenolic OH excluding ortho intramolecular Hbond substituents is 2. The van der Waals surface area contributed by atoms with Crippen LogP contribution in [0.3, 0.4) is 0 Å². The fourth-order valence-corrected chi connectivity index (χ4v) is 4.03. The molecule has 31 heavy (non-hydrogen) atoms. The highest BCUT2D eigenvalue weighted by Gasteiger charge is 2.46. The van der Waals surface area contributed by atoms with E-state index in [-0.39, 0.29) is 33.6 Å². The van der Waals surface area contributed by atoms with Gasteiger partial charge in [-0.1, -0.05) is 12.1 Å². The van der Waals surface area contributed by atoms with Gasteiger partial charge >= 0.3 is 0 Å². The van der Waals surface area contributed by atoms with Gasteiger partial charge in [-0.25, -0.2) is 0 Å². The molecule has 0 spiro atoms. The summed E-state index contributed by atoms with van der Waals surface area (Å²) in [6.07, 6.45) is -8.86. The summed E-state index contributed by atoms with van der Waals surface area (Å²) in [7, 11) is 0. The summed E-state index contributed by atoms with van der Waals surface area (Å²) >= 11 is 0. The molecule has 2 aliphatic rings. The highest BCUT2D eigenvalue weighted by Crippen LogP contribution is 2.45. The summed E-state index contributed by atoms with van der Waals surface area (Å²) in [4.78, 5) is 13.0. The van der Waals surface area contributed by atoms with Crippen molar-refractivity contribution in [2.45, 2.75) is 43.4 Å². The van der Waals surface area contributed by atoms with Gasteiger partial charge < -0.3 is 45.2 Å². The van der Waals surface area contributed by atoms with E-state index in [1.807, 2.05) is 0 Å². The fraction of sp³-hybridized carbons (Fsp3) is 0.381. The number of carbonyl (C=O) groups is 1. The lowest BCUT2D eigenvalue weighted by molar-refractivity contribution is -0.309. The molecule has 1 aliphatic carbocycles. The molecule has 10 heteroatoms. The maximum atomic E-state index is 13.0. The van der Waals surface area contributed by atoms with E-state index in [2.05, 4.69) is 0 Å². The van der Waals surface area contributed by atoms with Crippen molar-refractivity contribution in [3.63, 3.8) is 0 Å². The number of aliphatic hydroxyl groups is 5. The first kappa shape index (κ1) is 21.7. The minimum Gasteiger partial charge on any atom is -0.507 e. The van der Waals surface area contributed by atoms with Gasteiger partial charge in [0.1, 0.15) is 42.0 Å². The van der Waals surface area contributed by atoms with Gasteiger partial charge in [-0.05, 0) is 23.8 Å². The first-order valence-electron chi connectivity index (χ1n) is 9.57. The van der Waals surface area contributed by atoms with E-state index in [0.717, 1.165) is 0 Å². The largest absolute Gasteiger partial charge is 0.507 e. The van der Waals surface area contributed by atoms with Crippen LogP contribution in [0, 0.1) is 0 Å². The van der Waals surface area contributed by atoms with Gasteiger partial charge in [0.15, 0.2) is 6.29 Å². The van der Waals surface area contributed by atoms with Gasteiger partial charge in [-0.15, -0.1) is 0 Å². The number of phenols is 2. The number of carbonyl (C=O) groups excluding carboxylic acids is 1. The zero-order valence-electron chi connectivity index (χ0n) is 16.1. The molecule has 0 unspecified atom stereocenters. The number of ketones is 1. The van der Waals surface area contributed by atoms with Crippen LogP contribution in [-0.4, -0.2) is 78.8 Å². The van der Waals surface area contributed by atoms with Crippen LogP contribution in [0.5, 0.6) is 11.5 Å². The lowest BCUT2D eigenvalue weighted by Crippen LogP contribution is -2.59. The Balaban J connectivity index is 1.83. The zero-order chi connectivity index (χ0) is 22.4. The Morgan fingerprint density at radius 2 is 1.61 bits per heavy atom. The third-order valence-corrected chi connectivity index (χ3v) is 5.60. The van der Waals surface area contributed by atoms with E-state index in [1.54, 1.807) is 0 Å². The Bertz CT molecular complexity index is 1000. The van der Waals surface area contributed by atoms with Gasteiger partial charge in [-0.2, -0.15) is 0 Å². The van der Waals surface area contributed by atoms with Crippen molar-refractivity contribution in [1.29, 1.82) is 0 Å². The Kier molecular flexibility index (Phi) is 5.71. The van der Waals surface area contributed by atoms with E-state index in [9.17, 15) is 40.5 Å². The van der Waals surface area contributed by atoms with E-state index < -0.39 is 61.6 Å². The van der Waals surface area contributed by atoms with E-state index in [0.29, 0.717) is 0 Å². The predicted octanol–water partition coefficient (Wildman–Crippen LogP) is -0.960. The molecule has 6 atom stereocenters.